The molecule has 0 aliphatic rings. The average molecular weight is 308 g/mol. The summed E-state index contributed by atoms with van der Waals surface area (Å²) in [5.74, 6) is -0.501. The van der Waals surface area contributed by atoms with Crippen molar-refractivity contribution in [2.75, 3.05) is 12.8 Å². The number of rotatable bonds is 5. The van der Waals surface area contributed by atoms with E-state index in [-0.39, 0.29) is 18.1 Å². The standard InChI is InChI=1S/C15H17FN2O2S/c1-18(10-12-6-8-14(16)9-7-12)21(19,20)11-13-4-2-3-5-15(13)17/h2-9H,10-11,17H2,1H3. The molecule has 0 aliphatic carbocycles. The van der Waals surface area contributed by atoms with Crippen molar-refractivity contribution in [2.45, 2.75) is 12.3 Å². The summed E-state index contributed by atoms with van der Waals surface area (Å²) >= 11 is 0. The van der Waals surface area contributed by atoms with Crippen molar-refractivity contribution in [3.63, 3.8) is 0 Å². The van der Waals surface area contributed by atoms with Crippen LogP contribution in [0.3, 0.4) is 0 Å². The molecule has 0 amide bonds. The minimum absolute atomic E-state index is 0.155. The molecule has 2 aromatic carbocycles. The Labute approximate surface area is 124 Å². The third kappa shape index (κ3) is 4.03. The first-order valence-corrected chi connectivity index (χ1v) is 8.01. The smallest absolute Gasteiger partial charge is 0.218 e. The molecular formula is C15H17FN2O2S. The summed E-state index contributed by atoms with van der Waals surface area (Å²) in [6.45, 7) is 0.190. The average Bonchev–Trinajstić information content (AvgIpc) is 2.43. The lowest BCUT2D eigenvalue weighted by molar-refractivity contribution is 0.465. The normalized spacial score (nSPS) is 11.8. The number of sulfonamides is 1. The summed E-state index contributed by atoms with van der Waals surface area (Å²) < 4.78 is 38.7. The van der Waals surface area contributed by atoms with Crippen molar-refractivity contribution < 1.29 is 12.8 Å². The van der Waals surface area contributed by atoms with Gasteiger partial charge in [-0.05, 0) is 29.3 Å². The van der Waals surface area contributed by atoms with E-state index in [0.29, 0.717) is 11.3 Å². The third-order valence-electron chi connectivity index (χ3n) is 3.19. The number of hydrogen-bond acceptors (Lipinski definition) is 3. The lowest BCUT2D eigenvalue weighted by Crippen LogP contribution is -2.28. The zero-order valence-electron chi connectivity index (χ0n) is 11.7. The van der Waals surface area contributed by atoms with Crippen LogP contribution in [0.5, 0.6) is 0 Å². The van der Waals surface area contributed by atoms with E-state index in [1.165, 1.54) is 23.5 Å². The van der Waals surface area contributed by atoms with Crippen molar-refractivity contribution in [3.05, 3.63) is 65.5 Å². The van der Waals surface area contributed by atoms with Gasteiger partial charge in [0.25, 0.3) is 0 Å². The van der Waals surface area contributed by atoms with Gasteiger partial charge < -0.3 is 5.73 Å². The van der Waals surface area contributed by atoms with E-state index >= 15 is 0 Å². The van der Waals surface area contributed by atoms with Gasteiger partial charge >= 0.3 is 0 Å². The van der Waals surface area contributed by atoms with Crippen molar-refractivity contribution in [2.24, 2.45) is 0 Å². The van der Waals surface area contributed by atoms with E-state index in [9.17, 15) is 12.8 Å². The molecule has 0 bridgehead atoms. The Hall–Kier alpha value is -1.92. The fraction of sp³-hybridized carbons (Fsp3) is 0.200. The Kier molecular flexibility index (Phi) is 4.59. The molecule has 2 rings (SSSR count). The highest BCUT2D eigenvalue weighted by molar-refractivity contribution is 7.88. The van der Waals surface area contributed by atoms with E-state index in [0.717, 1.165) is 5.56 Å². The molecule has 2 N–H and O–H groups in total. The van der Waals surface area contributed by atoms with E-state index < -0.39 is 10.0 Å². The summed E-state index contributed by atoms with van der Waals surface area (Å²) in [7, 11) is -1.99. The fourth-order valence-electron chi connectivity index (χ4n) is 1.92. The Balaban J connectivity index is 2.12. The lowest BCUT2D eigenvalue weighted by atomic mass is 10.2. The van der Waals surface area contributed by atoms with Crippen molar-refractivity contribution in [3.8, 4) is 0 Å². The van der Waals surface area contributed by atoms with Gasteiger partial charge in [-0.2, -0.15) is 0 Å². The molecule has 112 valence electrons. The third-order valence-corrected chi connectivity index (χ3v) is 4.94. The van der Waals surface area contributed by atoms with Crippen molar-refractivity contribution in [1.82, 2.24) is 4.31 Å². The number of nitrogen functional groups attached to an aromatic ring is 1. The highest BCUT2D eigenvalue weighted by Crippen LogP contribution is 2.17. The SMILES string of the molecule is CN(Cc1ccc(F)cc1)S(=O)(=O)Cc1ccccc1N. The second-order valence-electron chi connectivity index (χ2n) is 4.84. The van der Waals surface area contributed by atoms with Crippen LogP contribution in [0.25, 0.3) is 0 Å². The first-order chi connectivity index (χ1) is 9.88. The van der Waals surface area contributed by atoms with Gasteiger partial charge in [-0.25, -0.2) is 17.1 Å². The second-order valence-corrected chi connectivity index (χ2v) is 6.91. The largest absolute Gasteiger partial charge is 0.398 e. The van der Waals surface area contributed by atoms with E-state index in [2.05, 4.69) is 0 Å². The molecule has 0 heterocycles. The Morgan fingerprint density at radius 2 is 1.71 bits per heavy atom. The molecule has 0 aliphatic heterocycles. The van der Waals surface area contributed by atoms with Crippen molar-refractivity contribution >= 4 is 15.7 Å². The van der Waals surface area contributed by atoms with Crippen LogP contribution in [-0.2, 0) is 22.3 Å². The number of nitrogens with zero attached hydrogens (tertiary/aromatic N) is 1. The molecule has 0 unspecified atom stereocenters. The summed E-state index contributed by atoms with van der Waals surface area (Å²) in [4.78, 5) is 0. The van der Waals surface area contributed by atoms with Crippen LogP contribution in [0.4, 0.5) is 10.1 Å². The van der Waals surface area contributed by atoms with E-state index in [1.807, 2.05) is 0 Å². The zero-order valence-corrected chi connectivity index (χ0v) is 12.5. The number of benzene rings is 2. The summed E-state index contributed by atoms with van der Waals surface area (Å²) in [5, 5.41) is 0. The topological polar surface area (TPSA) is 63.4 Å². The van der Waals surface area contributed by atoms with Crippen LogP contribution in [-0.4, -0.2) is 19.8 Å². The Morgan fingerprint density at radius 3 is 2.33 bits per heavy atom. The summed E-state index contributed by atoms with van der Waals surface area (Å²) in [6.07, 6.45) is 0. The Morgan fingerprint density at radius 1 is 1.10 bits per heavy atom. The second kappa shape index (κ2) is 6.24. The molecule has 0 fully saturated rings. The lowest BCUT2D eigenvalue weighted by Gasteiger charge is -2.18. The van der Waals surface area contributed by atoms with Crippen LogP contribution >= 0.6 is 0 Å². The maximum atomic E-state index is 12.8. The van der Waals surface area contributed by atoms with E-state index in [4.69, 9.17) is 5.73 Å². The predicted molar refractivity (Wildman–Crippen MR) is 81.3 cm³/mol. The maximum Gasteiger partial charge on any atom is 0.218 e. The van der Waals surface area contributed by atoms with Gasteiger partial charge in [0.2, 0.25) is 10.0 Å². The van der Waals surface area contributed by atoms with Gasteiger partial charge in [0.15, 0.2) is 0 Å². The molecular weight excluding hydrogens is 291 g/mol. The highest BCUT2D eigenvalue weighted by atomic mass is 32.2. The van der Waals surface area contributed by atoms with Gasteiger partial charge in [0, 0.05) is 19.3 Å². The molecule has 6 heteroatoms. The molecule has 0 aromatic heterocycles. The number of para-hydroxylation sites is 1. The van der Waals surface area contributed by atoms with Crippen molar-refractivity contribution in [1.29, 1.82) is 0 Å². The summed E-state index contributed by atoms with van der Waals surface area (Å²) in [6, 6.07) is 12.6. The first-order valence-electron chi connectivity index (χ1n) is 6.40. The monoisotopic (exact) mass is 308 g/mol. The molecule has 21 heavy (non-hydrogen) atoms. The van der Waals surface area contributed by atoms with Gasteiger partial charge in [-0.3, -0.25) is 0 Å². The fourth-order valence-corrected chi connectivity index (χ4v) is 3.14. The molecule has 0 radical (unpaired) electrons. The molecule has 2 aromatic rings. The number of hydrogen-bond donors (Lipinski definition) is 1. The van der Waals surface area contributed by atoms with Gasteiger partial charge in [-0.15, -0.1) is 0 Å². The summed E-state index contributed by atoms with van der Waals surface area (Å²) in [5.41, 5.74) is 7.53. The van der Waals surface area contributed by atoms with Gasteiger partial charge in [0.1, 0.15) is 5.82 Å². The maximum absolute atomic E-state index is 12.8. The van der Waals surface area contributed by atoms with Crippen LogP contribution in [0.15, 0.2) is 48.5 Å². The van der Waals surface area contributed by atoms with Gasteiger partial charge in [-0.1, -0.05) is 30.3 Å². The Bertz CT molecular complexity index is 715. The molecule has 0 saturated heterocycles. The van der Waals surface area contributed by atoms with Crippen LogP contribution < -0.4 is 5.73 Å². The highest BCUT2D eigenvalue weighted by Gasteiger charge is 2.19. The number of nitrogens with two attached hydrogens (primary N) is 1. The first kappa shape index (κ1) is 15.5. The number of halogens is 1. The van der Waals surface area contributed by atoms with Crippen LogP contribution in [0, 0.1) is 5.82 Å². The van der Waals surface area contributed by atoms with Crippen LogP contribution in [0.1, 0.15) is 11.1 Å². The van der Waals surface area contributed by atoms with E-state index in [1.54, 1.807) is 36.4 Å². The molecule has 0 atom stereocenters. The minimum atomic E-state index is -3.48. The predicted octanol–water partition coefficient (Wildman–Crippen LogP) is 2.37. The quantitative estimate of drug-likeness (QED) is 0.863. The molecule has 0 spiro atoms. The molecule has 0 saturated carbocycles. The minimum Gasteiger partial charge on any atom is -0.398 e. The molecule has 4 nitrogen and oxygen atoms in total. The van der Waals surface area contributed by atoms with Crippen LogP contribution in [0.2, 0.25) is 0 Å². The zero-order chi connectivity index (χ0) is 15.5. The number of anilines is 1. The van der Waals surface area contributed by atoms with Gasteiger partial charge in [0.05, 0.1) is 5.75 Å².